The molecule has 0 fully saturated rings. The number of carboxylic acid groups (broad SMARTS) is 1. The molecule has 0 radical (unpaired) electrons. The van der Waals surface area contributed by atoms with Crippen LogP contribution in [0.25, 0.3) is 0 Å². The number of alkyl carbamates (subject to hydrolysis) is 1. The number of aliphatic carboxylic acids is 1. The Balaban J connectivity index is 2.69. The fourth-order valence-corrected chi connectivity index (χ4v) is 2.02. The Morgan fingerprint density at radius 1 is 1.17 bits per heavy atom. The van der Waals surface area contributed by atoms with E-state index in [2.05, 4.69) is 10.6 Å². The molecule has 1 unspecified atom stereocenters. The fraction of sp³-hybridized carbons (Fsp3) is 0.471. The Hall–Kier alpha value is -2.57. The van der Waals surface area contributed by atoms with Gasteiger partial charge in [-0.25, -0.2) is 4.79 Å². The number of hydrogen-bond donors (Lipinski definition) is 3. The van der Waals surface area contributed by atoms with E-state index in [0.29, 0.717) is 6.42 Å². The third-order valence-corrected chi connectivity index (χ3v) is 2.91. The molecular weight excluding hydrogens is 312 g/mol. The second-order valence-electron chi connectivity index (χ2n) is 6.41. The number of hydrogen-bond acceptors (Lipinski definition) is 4. The van der Waals surface area contributed by atoms with Crippen LogP contribution in [0.15, 0.2) is 30.3 Å². The van der Waals surface area contributed by atoms with Crippen LogP contribution in [0.3, 0.4) is 0 Å². The number of rotatable bonds is 7. The number of ether oxygens (including phenoxy) is 1. The first-order valence-electron chi connectivity index (χ1n) is 7.67. The summed E-state index contributed by atoms with van der Waals surface area (Å²) in [4.78, 5) is 34.3. The number of nitrogens with one attached hydrogen (secondary N) is 2. The zero-order valence-corrected chi connectivity index (χ0v) is 14.2. The summed E-state index contributed by atoms with van der Waals surface area (Å²) in [5.41, 5.74) is 0.303. The third-order valence-electron chi connectivity index (χ3n) is 2.91. The number of carbonyl (C=O) groups is 3. The normalized spacial score (nSPS) is 12.1. The van der Waals surface area contributed by atoms with Gasteiger partial charge in [-0.15, -0.1) is 0 Å². The van der Waals surface area contributed by atoms with Crippen LogP contribution in [-0.2, 0) is 20.7 Å². The first kappa shape index (κ1) is 19.5. The number of benzene rings is 1. The van der Waals surface area contributed by atoms with Crippen LogP contribution in [-0.4, -0.2) is 41.3 Å². The summed E-state index contributed by atoms with van der Waals surface area (Å²) < 4.78 is 5.21. The van der Waals surface area contributed by atoms with Gasteiger partial charge < -0.3 is 20.5 Å². The molecule has 0 saturated heterocycles. The fourth-order valence-electron chi connectivity index (χ4n) is 2.02. The summed E-state index contributed by atoms with van der Waals surface area (Å²) in [5, 5.41) is 13.6. The van der Waals surface area contributed by atoms with Gasteiger partial charge in [0, 0.05) is 12.5 Å². The minimum absolute atomic E-state index is 0.0403. The lowest BCUT2D eigenvalue weighted by Gasteiger charge is -2.23. The third kappa shape index (κ3) is 8.77. The summed E-state index contributed by atoms with van der Waals surface area (Å²) in [6, 6.07) is 8.88. The van der Waals surface area contributed by atoms with E-state index in [0.717, 1.165) is 5.56 Å². The van der Waals surface area contributed by atoms with Crippen LogP contribution < -0.4 is 10.6 Å². The summed E-state index contributed by atoms with van der Waals surface area (Å²) in [6.07, 6.45) is -0.225. The molecule has 1 rings (SSSR count). The van der Waals surface area contributed by atoms with Crippen molar-refractivity contribution in [2.24, 2.45) is 0 Å². The molecule has 1 atom stereocenters. The quantitative estimate of drug-likeness (QED) is 0.703. The number of carboxylic acids is 1. The zero-order valence-electron chi connectivity index (χ0n) is 14.2. The molecule has 0 bridgehead atoms. The van der Waals surface area contributed by atoms with Crippen LogP contribution in [0, 0.1) is 0 Å². The molecular formula is C17H24N2O5. The monoisotopic (exact) mass is 336 g/mol. The molecule has 0 aliphatic carbocycles. The van der Waals surface area contributed by atoms with Crippen LogP contribution in [0.5, 0.6) is 0 Å². The molecule has 0 spiro atoms. The Kier molecular flexibility index (Phi) is 7.23. The first-order valence-corrected chi connectivity index (χ1v) is 7.67. The Morgan fingerprint density at radius 2 is 1.79 bits per heavy atom. The van der Waals surface area contributed by atoms with Crippen LogP contribution >= 0.6 is 0 Å². The van der Waals surface area contributed by atoms with E-state index in [9.17, 15) is 14.4 Å². The molecule has 0 saturated carbocycles. The minimum Gasteiger partial charge on any atom is -0.480 e. The van der Waals surface area contributed by atoms with Gasteiger partial charge in [0.25, 0.3) is 0 Å². The average Bonchev–Trinajstić information content (AvgIpc) is 2.44. The van der Waals surface area contributed by atoms with Gasteiger partial charge >= 0.3 is 12.1 Å². The summed E-state index contributed by atoms with van der Waals surface area (Å²) in [5.74, 6) is -1.57. The second-order valence-corrected chi connectivity index (χ2v) is 6.41. The van der Waals surface area contributed by atoms with Crippen molar-refractivity contribution in [2.45, 2.75) is 45.3 Å². The van der Waals surface area contributed by atoms with Gasteiger partial charge in [0.1, 0.15) is 12.1 Å². The maximum Gasteiger partial charge on any atom is 0.407 e. The van der Waals surface area contributed by atoms with E-state index in [1.807, 2.05) is 30.3 Å². The maximum absolute atomic E-state index is 11.9. The first-order chi connectivity index (χ1) is 11.2. The van der Waals surface area contributed by atoms with Gasteiger partial charge in [0.05, 0.1) is 0 Å². The standard InChI is InChI=1S/C17H24N2O5/c1-17(2,3)24-16(23)19-13(9-12-7-5-4-6-8-12)10-14(20)18-11-15(21)22/h4-8,13H,9-11H2,1-3H3,(H,18,20)(H,19,23)(H,21,22). The average molecular weight is 336 g/mol. The Labute approximate surface area is 141 Å². The highest BCUT2D eigenvalue weighted by atomic mass is 16.6. The van der Waals surface area contributed by atoms with Crippen molar-refractivity contribution in [3.63, 3.8) is 0 Å². The highest BCUT2D eigenvalue weighted by Crippen LogP contribution is 2.10. The molecule has 0 aliphatic heterocycles. The van der Waals surface area contributed by atoms with Crippen LogP contribution in [0.1, 0.15) is 32.8 Å². The molecule has 132 valence electrons. The molecule has 0 aromatic heterocycles. The van der Waals surface area contributed by atoms with Crippen molar-refractivity contribution in [3.8, 4) is 0 Å². The van der Waals surface area contributed by atoms with Crippen molar-refractivity contribution in [1.29, 1.82) is 0 Å². The van der Waals surface area contributed by atoms with E-state index in [1.165, 1.54) is 0 Å². The highest BCUT2D eigenvalue weighted by Gasteiger charge is 2.21. The molecule has 1 aromatic rings. The molecule has 0 aliphatic rings. The summed E-state index contributed by atoms with van der Waals surface area (Å²) >= 11 is 0. The van der Waals surface area contributed by atoms with Crippen molar-refractivity contribution < 1.29 is 24.2 Å². The largest absolute Gasteiger partial charge is 0.480 e. The van der Waals surface area contributed by atoms with E-state index in [4.69, 9.17) is 9.84 Å². The van der Waals surface area contributed by atoms with Gasteiger partial charge in [-0.3, -0.25) is 9.59 Å². The summed E-state index contributed by atoms with van der Waals surface area (Å²) in [7, 11) is 0. The molecule has 3 N–H and O–H groups in total. The number of carbonyl (C=O) groups excluding carboxylic acids is 2. The van der Waals surface area contributed by atoms with Crippen molar-refractivity contribution in [2.75, 3.05) is 6.54 Å². The van der Waals surface area contributed by atoms with E-state index >= 15 is 0 Å². The molecule has 24 heavy (non-hydrogen) atoms. The van der Waals surface area contributed by atoms with Crippen molar-refractivity contribution >= 4 is 18.0 Å². The highest BCUT2D eigenvalue weighted by molar-refractivity contribution is 5.82. The lowest BCUT2D eigenvalue weighted by atomic mass is 10.0. The van der Waals surface area contributed by atoms with Gasteiger partial charge in [-0.05, 0) is 32.8 Å². The van der Waals surface area contributed by atoms with E-state index in [-0.39, 0.29) is 6.42 Å². The Bertz CT molecular complexity index is 566. The van der Waals surface area contributed by atoms with Crippen LogP contribution in [0.4, 0.5) is 4.79 Å². The smallest absolute Gasteiger partial charge is 0.407 e. The predicted molar refractivity (Wildman–Crippen MR) is 88.6 cm³/mol. The second kappa shape index (κ2) is 8.90. The van der Waals surface area contributed by atoms with Gasteiger partial charge in [0.15, 0.2) is 0 Å². The molecule has 1 aromatic carbocycles. The topological polar surface area (TPSA) is 105 Å². The minimum atomic E-state index is -1.12. The zero-order chi connectivity index (χ0) is 18.2. The molecule has 0 heterocycles. The molecule has 7 heteroatoms. The van der Waals surface area contributed by atoms with Gasteiger partial charge in [-0.2, -0.15) is 0 Å². The van der Waals surface area contributed by atoms with E-state index < -0.39 is 36.2 Å². The number of amides is 2. The van der Waals surface area contributed by atoms with Gasteiger partial charge in [-0.1, -0.05) is 30.3 Å². The Morgan fingerprint density at radius 3 is 2.33 bits per heavy atom. The molecule has 2 amide bonds. The van der Waals surface area contributed by atoms with Crippen molar-refractivity contribution in [3.05, 3.63) is 35.9 Å². The van der Waals surface area contributed by atoms with E-state index in [1.54, 1.807) is 20.8 Å². The lowest BCUT2D eigenvalue weighted by Crippen LogP contribution is -2.43. The SMILES string of the molecule is CC(C)(C)OC(=O)NC(CC(=O)NCC(=O)O)Cc1ccccc1. The maximum atomic E-state index is 11.9. The summed E-state index contributed by atoms with van der Waals surface area (Å²) in [6.45, 7) is 4.79. The predicted octanol–water partition coefficient (Wildman–Crippen LogP) is 1.71. The molecule has 7 nitrogen and oxygen atoms in total. The lowest BCUT2D eigenvalue weighted by molar-refractivity contribution is -0.138. The van der Waals surface area contributed by atoms with Gasteiger partial charge in [0.2, 0.25) is 5.91 Å². The van der Waals surface area contributed by atoms with Crippen molar-refractivity contribution in [1.82, 2.24) is 10.6 Å². The van der Waals surface area contributed by atoms with Crippen LogP contribution in [0.2, 0.25) is 0 Å².